The highest BCUT2D eigenvalue weighted by Crippen LogP contribution is 2.42. The van der Waals surface area contributed by atoms with Gasteiger partial charge in [0.15, 0.2) is 0 Å². The van der Waals surface area contributed by atoms with Gasteiger partial charge in [-0.1, -0.05) is 24.0 Å². The maximum absolute atomic E-state index is 10.5. The third-order valence-electron chi connectivity index (χ3n) is 7.64. The Morgan fingerprint density at radius 2 is 1.73 bits per heavy atom. The van der Waals surface area contributed by atoms with Gasteiger partial charge in [-0.25, -0.2) is 9.97 Å². The second-order valence-electron chi connectivity index (χ2n) is 9.88. The molecule has 3 fully saturated rings. The zero-order chi connectivity index (χ0) is 22.7. The van der Waals surface area contributed by atoms with E-state index in [2.05, 4.69) is 55.9 Å². The van der Waals surface area contributed by atoms with Crippen LogP contribution in [0.2, 0.25) is 0 Å². The molecule has 174 valence electrons. The van der Waals surface area contributed by atoms with E-state index in [1.807, 2.05) is 12.4 Å². The van der Waals surface area contributed by atoms with E-state index in [4.69, 9.17) is 0 Å². The number of fused-ring (bicyclic) bond motifs is 1. The number of aromatic nitrogens is 2. The van der Waals surface area contributed by atoms with Crippen LogP contribution in [-0.4, -0.2) is 73.9 Å². The summed E-state index contributed by atoms with van der Waals surface area (Å²) in [5.74, 6) is 6.59. The van der Waals surface area contributed by atoms with Crippen LogP contribution in [0, 0.1) is 11.8 Å². The van der Waals surface area contributed by atoms with E-state index in [1.165, 1.54) is 12.0 Å². The summed E-state index contributed by atoms with van der Waals surface area (Å²) in [6.07, 6.45) is 11.4. The molecule has 6 heteroatoms. The van der Waals surface area contributed by atoms with E-state index in [1.54, 1.807) is 6.33 Å². The summed E-state index contributed by atoms with van der Waals surface area (Å²) in [7, 11) is 0. The van der Waals surface area contributed by atoms with Crippen molar-refractivity contribution < 1.29 is 10.2 Å². The Kier molecular flexibility index (Phi) is 6.75. The van der Waals surface area contributed by atoms with E-state index in [0.29, 0.717) is 12.0 Å². The van der Waals surface area contributed by atoms with Crippen LogP contribution in [0.1, 0.15) is 61.1 Å². The third-order valence-corrected chi connectivity index (χ3v) is 7.64. The fraction of sp³-hybridized carbons (Fsp3) is 0.556. The molecule has 0 radical (unpaired) electrons. The molecular weight excluding hydrogens is 412 g/mol. The third kappa shape index (κ3) is 4.97. The lowest BCUT2D eigenvalue weighted by Crippen LogP contribution is -2.67. The highest BCUT2D eigenvalue weighted by molar-refractivity contribution is 5.40. The van der Waals surface area contributed by atoms with Crippen molar-refractivity contribution in [1.82, 2.24) is 19.8 Å². The van der Waals surface area contributed by atoms with Crippen LogP contribution in [0.4, 0.5) is 0 Å². The molecule has 6 nitrogen and oxygen atoms in total. The van der Waals surface area contributed by atoms with Crippen LogP contribution in [0.3, 0.4) is 0 Å². The van der Waals surface area contributed by atoms with Gasteiger partial charge in [0.2, 0.25) is 0 Å². The molecule has 1 aromatic heterocycles. The molecule has 1 aromatic carbocycles. The zero-order valence-corrected chi connectivity index (χ0v) is 19.2. The van der Waals surface area contributed by atoms with Gasteiger partial charge >= 0.3 is 0 Å². The molecule has 2 aromatic rings. The minimum atomic E-state index is -0.804. The number of benzene rings is 1. The standard InChI is InChI=1S/C27H34N4O2/c32-19-25-26(23-7-5-21(6-8-23)9-12-27(33)10-1-2-11-27)24-18-30(13-3-4-14-31(24)25)17-22-15-28-20-29-16-22/h5-8,15-16,20,24-26,32-33H,1-4,10-11,13-14,17-19H2/t24-,25+,26+/m1/s1. The molecule has 1 aliphatic carbocycles. The smallest absolute Gasteiger partial charge is 0.125 e. The predicted molar refractivity (Wildman–Crippen MR) is 127 cm³/mol. The number of rotatable bonds is 4. The van der Waals surface area contributed by atoms with Crippen LogP contribution < -0.4 is 0 Å². The lowest BCUT2D eigenvalue weighted by molar-refractivity contribution is -0.0655. The molecule has 5 rings (SSSR count). The van der Waals surface area contributed by atoms with Gasteiger partial charge in [0, 0.05) is 54.6 Å². The normalized spacial score (nSPS) is 27.5. The summed E-state index contributed by atoms with van der Waals surface area (Å²) >= 11 is 0. The van der Waals surface area contributed by atoms with Gasteiger partial charge in [-0.05, 0) is 69.3 Å². The predicted octanol–water partition coefficient (Wildman–Crippen LogP) is 2.56. The van der Waals surface area contributed by atoms with Crippen molar-refractivity contribution in [3.8, 4) is 11.8 Å². The molecule has 33 heavy (non-hydrogen) atoms. The molecule has 1 saturated carbocycles. The Morgan fingerprint density at radius 1 is 1.00 bits per heavy atom. The first kappa shape index (κ1) is 22.5. The summed E-state index contributed by atoms with van der Waals surface area (Å²) in [5, 5.41) is 20.7. The minimum absolute atomic E-state index is 0.172. The van der Waals surface area contributed by atoms with Crippen LogP contribution in [0.25, 0.3) is 0 Å². The molecule has 2 saturated heterocycles. The monoisotopic (exact) mass is 446 g/mol. The van der Waals surface area contributed by atoms with Crippen molar-refractivity contribution in [3.63, 3.8) is 0 Å². The molecule has 2 aliphatic heterocycles. The Balaban J connectivity index is 1.31. The van der Waals surface area contributed by atoms with Crippen molar-refractivity contribution in [2.24, 2.45) is 0 Å². The topological polar surface area (TPSA) is 72.7 Å². The van der Waals surface area contributed by atoms with Crippen molar-refractivity contribution >= 4 is 0 Å². The van der Waals surface area contributed by atoms with Crippen LogP contribution in [0.5, 0.6) is 0 Å². The lowest BCUT2D eigenvalue weighted by atomic mass is 9.74. The summed E-state index contributed by atoms with van der Waals surface area (Å²) in [6.45, 7) is 4.15. The maximum atomic E-state index is 10.5. The first-order chi connectivity index (χ1) is 16.1. The Bertz CT molecular complexity index is 979. The summed E-state index contributed by atoms with van der Waals surface area (Å²) in [4.78, 5) is 13.4. The fourth-order valence-corrected chi connectivity index (χ4v) is 5.89. The van der Waals surface area contributed by atoms with E-state index in [0.717, 1.165) is 69.4 Å². The average Bonchev–Trinajstić information content (AvgIpc) is 3.26. The number of aliphatic hydroxyl groups is 2. The van der Waals surface area contributed by atoms with Crippen molar-refractivity contribution in [1.29, 1.82) is 0 Å². The van der Waals surface area contributed by atoms with E-state index in [9.17, 15) is 10.2 Å². The summed E-state index contributed by atoms with van der Waals surface area (Å²) < 4.78 is 0. The molecular formula is C27H34N4O2. The van der Waals surface area contributed by atoms with Gasteiger partial charge < -0.3 is 10.2 Å². The number of hydrogen-bond acceptors (Lipinski definition) is 6. The molecule has 0 amide bonds. The van der Waals surface area contributed by atoms with Gasteiger partial charge in [-0.15, -0.1) is 0 Å². The fourth-order valence-electron chi connectivity index (χ4n) is 5.89. The first-order valence-electron chi connectivity index (χ1n) is 12.3. The summed E-state index contributed by atoms with van der Waals surface area (Å²) in [6, 6.07) is 9.04. The van der Waals surface area contributed by atoms with Crippen molar-refractivity contribution in [2.75, 3.05) is 26.2 Å². The second-order valence-corrected chi connectivity index (χ2v) is 9.88. The molecule has 2 N–H and O–H groups in total. The molecule has 0 unspecified atom stereocenters. The number of nitrogens with zero attached hydrogens (tertiary/aromatic N) is 4. The van der Waals surface area contributed by atoms with Crippen molar-refractivity contribution in [2.45, 2.75) is 68.7 Å². The maximum Gasteiger partial charge on any atom is 0.125 e. The Labute approximate surface area is 196 Å². The van der Waals surface area contributed by atoms with E-state index in [-0.39, 0.29) is 12.6 Å². The minimum Gasteiger partial charge on any atom is -0.395 e. The van der Waals surface area contributed by atoms with E-state index < -0.39 is 5.60 Å². The van der Waals surface area contributed by atoms with Gasteiger partial charge in [0.05, 0.1) is 6.61 Å². The lowest BCUT2D eigenvalue weighted by Gasteiger charge is -2.57. The highest BCUT2D eigenvalue weighted by atomic mass is 16.3. The molecule has 3 heterocycles. The van der Waals surface area contributed by atoms with Crippen LogP contribution >= 0.6 is 0 Å². The molecule has 0 spiro atoms. The Hall–Kier alpha value is -2.30. The molecule has 3 atom stereocenters. The first-order valence-corrected chi connectivity index (χ1v) is 12.3. The van der Waals surface area contributed by atoms with Crippen LogP contribution in [-0.2, 0) is 6.54 Å². The molecule has 3 aliphatic rings. The van der Waals surface area contributed by atoms with Crippen LogP contribution in [0.15, 0.2) is 43.0 Å². The number of aliphatic hydroxyl groups excluding tert-OH is 1. The van der Waals surface area contributed by atoms with Gasteiger partial charge in [-0.3, -0.25) is 9.80 Å². The number of hydrogen-bond donors (Lipinski definition) is 2. The van der Waals surface area contributed by atoms with E-state index >= 15 is 0 Å². The quantitative estimate of drug-likeness (QED) is 0.704. The summed E-state index contributed by atoms with van der Waals surface area (Å²) in [5.41, 5.74) is 2.55. The Morgan fingerprint density at radius 3 is 2.45 bits per heavy atom. The van der Waals surface area contributed by atoms with Gasteiger partial charge in [0.25, 0.3) is 0 Å². The SMILES string of the molecule is OC[C@H]1[C@@H](c2ccc(C#CC3(O)CCCC3)cc2)[C@H]2CN(Cc3cncnc3)CCCCN21. The second kappa shape index (κ2) is 9.90. The highest BCUT2D eigenvalue weighted by Gasteiger charge is 2.49. The largest absolute Gasteiger partial charge is 0.395 e. The van der Waals surface area contributed by atoms with Gasteiger partial charge in [0.1, 0.15) is 11.9 Å². The zero-order valence-electron chi connectivity index (χ0n) is 19.2. The molecule has 0 bridgehead atoms. The average molecular weight is 447 g/mol. The van der Waals surface area contributed by atoms with Gasteiger partial charge in [-0.2, -0.15) is 0 Å². The van der Waals surface area contributed by atoms with Crippen molar-refractivity contribution in [3.05, 3.63) is 59.7 Å².